The zero-order valence-electron chi connectivity index (χ0n) is 18.0. The van der Waals surface area contributed by atoms with Gasteiger partial charge in [0.15, 0.2) is 0 Å². The Bertz CT molecular complexity index is 1230. The maximum absolute atomic E-state index is 6.44. The zero-order valence-corrected chi connectivity index (χ0v) is 22.9. The van der Waals surface area contributed by atoms with Gasteiger partial charge in [0.2, 0.25) is 8.32 Å². The quantitative estimate of drug-likeness (QED) is 0.293. The van der Waals surface area contributed by atoms with Crippen LogP contribution in [0.1, 0.15) is 23.1 Å². The van der Waals surface area contributed by atoms with Crippen LogP contribution in [0.2, 0.25) is 19.6 Å². The van der Waals surface area contributed by atoms with Gasteiger partial charge in [-0.25, -0.2) is 0 Å². The van der Waals surface area contributed by atoms with Crippen molar-refractivity contribution in [3.8, 4) is 11.5 Å². The smallest absolute Gasteiger partial charge is 1.00 e. The number of rotatable bonds is 4. The van der Waals surface area contributed by atoms with E-state index >= 15 is 0 Å². The van der Waals surface area contributed by atoms with Gasteiger partial charge in [0, 0.05) is 0 Å². The molecule has 2 aromatic rings. The third-order valence-electron chi connectivity index (χ3n) is 5.07. The van der Waals surface area contributed by atoms with E-state index in [0.717, 1.165) is 49.9 Å². The first-order chi connectivity index (χ1) is 12.8. The van der Waals surface area contributed by atoms with Crippen molar-refractivity contribution < 1.29 is 60.2 Å². The number of fused-ring (bicyclic) bond motifs is 2. The van der Waals surface area contributed by atoms with E-state index in [1.165, 1.54) is 11.1 Å². The normalized spacial score (nSPS) is 13.0. The van der Waals surface area contributed by atoms with E-state index in [2.05, 4.69) is 69.6 Å². The molecule has 2 nitrogen and oxygen atoms in total. The molecule has 2 aromatic carbocycles. The van der Waals surface area contributed by atoms with Gasteiger partial charge in [-0.15, -0.1) is 22.9 Å². The summed E-state index contributed by atoms with van der Waals surface area (Å²) in [5.74, 6) is 1.81. The predicted molar refractivity (Wildman–Crippen MR) is 115 cm³/mol. The van der Waals surface area contributed by atoms with Crippen molar-refractivity contribution in [1.82, 2.24) is 0 Å². The van der Waals surface area contributed by atoms with E-state index in [1.807, 2.05) is 6.07 Å². The van der Waals surface area contributed by atoms with Crippen molar-refractivity contribution in [2.24, 2.45) is 0 Å². The summed E-state index contributed by atoms with van der Waals surface area (Å²) >= 11 is 0. The van der Waals surface area contributed by atoms with Gasteiger partial charge in [-0.2, -0.15) is 0 Å². The Labute approximate surface area is 211 Å². The van der Waals surface area contributed by atoms with Crippen molar-refractivity contribution in [3.05, 3.63) is 74.0 Å². The van der Waals surface area contributed by atoms with Crippen LogP contribution in [0.5, 0.6) is 11.5 Å². The van der Waals surface area contributed by atoms with Gasteiger partial charge >= 0.3 is 26.2 Å². The maximum Gasteiger partial charge on any atom is 3.00 e. The Balaban J connectivity index is 0.00000150. The van der Waals surface area contributed by atoms with E-state index < -0.39 is 8.32 Å². The molecule has 1 radical (unpaired) electrons. The summed E-state index contributed by atoms with van der Waals surface area (Å²) in [5, 5.41) is 4.28. The van der Waals surface area contributed by atoms with Crippen molar-refractivity contribution in [2.75, 3.05) is 7.11 Å². The van der Waals surface area contributed by atoms with Gasteiger partial charge in [0.05, 0.1) is 18.6 Å². The van der Waals surface area contributed by atoms with Crippen LogP contribution in [0, 0.1) is 17.4 Å². The number of hydrogen-bond acceptors (Lipinski definition) is 2. The third-order valence-corrected chi connectivity index (χ3v) is 5.90. The standard InChI is InChI=1S/C24H25O2Si.2ClH.Zr/c1-15-16(2)24(25-3)23-19(21(15)17-10-7-8-11-17)14-18-12-9-13-20(22(18)23)26-27(4,5)6;;;/h7-10,12-13H,1,11H2,2-6H3;2*1H;/q-1;;;+3/p-2. The van der Waals surface area contributed by atoms with Crippen LogP contribution in [0.15, 0.2) is 36.4 Å². The monoisotopic (exact) mass is 533 g/mol. The fourth-order valence-electron chi connectivity index (χ4n) is 3.95. The van der Waals surface area contributed by atoms with Gasteiger partial charge in [0.25, 0.3) is 0 Å². The summed E-state index contributed by atoms with van der Waals surface area (Å²) in [6.07, 6.45) is 11.0. The molecule has 0 saturated heterocycles. The molecule has 0 spiro atoms. The Hall–Kier alpha value is -1.06. The number of ether oxygens (including phenoxy) is 1. The topological polar surface area (TPSA) is 18.5 Å². The Morgan fingerprint density at radius 3 is 2.37 bits per heavy atom. The van der Waals surface area contributed by atoms with Crippen molar-refractivity contribution in [1.29, 1.82) is 0 Å². The average Bonchev–Trinajstić information content (AvgIpc) is 3.23. The van der Waals surface area contributed by atoms with Gasteiger partial charge in [-0.05, 0) is 44.6 Å². The van der Waals surface area contributed by atoms with Gasteiger partial charge in [-0.3, -0.25) is 0 Å². The molecular weight excluding hydrogens is 510 g/mol. The van der Waals surface area contributed by atoms with Crippen LogP contribution >= 0.6 is 0 Å². The summed E-state index contributed by atoms with van der Waals surface area (Å²) in [6.45, 7) is 13.1. The molecule has 6 heteroatoms. The van der Waals surface area contributed by atoms with Crippen LogP contribution in [-0.2, 0) is 26.2 Å². The first-order valence-corrected chi connectivity index (χ1v) is 12.7. The first-order valence-electron chi connectivity index (χ1n) is 9.34. The molecule has 0 N–H and O–H groups in total. The minimum absolute atomic E-state index is 0. The summed E-state index contributed by atoms with van der Waals surface area (Å²) in [5.41, 5.74) is 4.63. The maximum atomic E-state index is 6.44. The molecule has 0 bridgehead atoms. The van der Waals surface area contributed by atoms with Gasteiger partial charge < -0.3 is 34.0 Å². The Morgan fingerprint density at radius 1 is 1.10 bits per heavy atom. The van der Waals surface area contributed by atoms with E-state index in [4.69, 9.17) is 9.16 Å². The van der Waals surface area contributed by atoms with Crippen LogP contribution in [-0.4, -0.2) is 15.4 Å². The fraction of sp³-hybridized carbons (Fsp3) is 0.250. The molecule has 0 saturated carbocycles. The number of allylic oxidation sites excluding steroid dienone is 4. The van der Waals surface area contributed by atoms with E-state index in [9.17, 15) is 0 Å². The molecule has 0 fully saturated rings. The molecule has 4 rings (SSSR count). The molecular formula is C24H25Cl2O2SiZr. The summed E-state index contributed by atoms with van der Waals surface area (Å²) in [6, 6.07) is 6.22. The second kappa shape index (κ2) is 10.0. The molecule has 155 valence electrons. The average molecular weight is 536 g/mol. The molecule has 0 amide bonds. The van der Waals surface area contributed by atoms with E-state index in [1.54, 1.807) is 7.11 Å². The van der Waals surface area contributed by atoms with Crippen LogP contribution < -0.4 is 44.4 Å². The molecule has 0 unspecified atom stereocenters. The largest absolute Gasteiger partial charge is 3.00 e. The second-order valence-electron chi connectivity index (χ2n) is 8.10. The number of halogens is 2. The van der Waals surface area contributed by atoms with Gasteiger partial charge in [-0.1, -0.05) is 57.7 Å². The Kier molecular flexibility index (Phi) is 9.03. The molecule has 2 aliphatic rings. The fourth-order valence-corrected chi connectivity index (χ4v) is 4.78. The summed E-state index contributed by atoms with van der Waals surface area (Å²) < 4.78 is 12.3. The van der Waals surface area contributed by atoms with Crippen molar-refractivity contribution >= 4 is 26.5 Å². The van der Waals surface area contributed by atoms with Crippen molar-refractivity contribution in [3.63, 3.8) is 0 Å². The van der Waals surface area contributed by atoms with Crippen LogP contribution in [0.3, 0.4) is 0 Å². The summed E-state index contributed by atoms with van der Waals surface area (Å²) in [4.78, 5) is 0. The third kappa shape index (κ3) is 4.58. The number of hydrogen-bond donors (Lipinski definition) is 0. The molecule has 0 aromatic heterocycles. The predicted octanol–water partition coefficient (Wildman–Crippen LogP) is -1.72. The number of benzene rings is 2. The molecule has 0 aliphatic heterocycles. The molecule has 30 heavy (non-hydrogen) atoms. The zero-order chi connectivity index (χ0) is 19.3. The number of methoxy groups -OCH3 is 1. The molecule has 2 aliphatic carbocycles. The van der Waals surface area contributed by atoms with Gasteiger partial charge in [0.1, 0.15) is 0 Å². The van der Waals surface area contributed by atoms with E-state index in [-0.39, 0.29) is 51.0 Å². The molecule has 0 heterocycles. The second-order valence-corrected chi connectivity index (χ2v) is 12.5. The summed E-state index contributed by atoms with van der Waals surface area (Å²) in [7, 11) is -0.0215. The first kappa shape index (κ1) is 27.0. The minimum Gasteiger partial charge on any atom is -1.00 e. The van der Waals surface area contributed by atoms with Crippen molar-refractivity contribution in [2.45, 2.75) is 33.0 Å². The minimum atomic E-state index is -1.76. The van der Waals surface area contributed by atoms with E-state index in [0.29, 0.717) is 0 Å². The van der Waals surface area contributed by atoms with Crippen LogP contribution in [0.25, 0.3) is 18.2 Å². The SMILES string of the molecule is C=c1c(C)c(OC)c2c(c1C1=CC=CC1)[C-]=c1cccc(O[Si](C)(C)C)c1=2.[Cl-].[Cl-].[Zr+3]. The Morgan fingerprint density at radius 2 is 1.80 bits per heavy atom. The molecule has 0 atom stereocenters. The van der Waals surface area contributed by atoms with Crippen LogP contribution in [0.4, 0.5) is 0 Å².